The van der Waals surface area contributed by atoms with Gasteiger partial charge in [0.05, 0.1) is 4.92 Å². The van der Waals surface area contributed by atoms with Gasteiger partial charge in [-0.1, -0.05) is 12.1 Å². The molecule has 2 amide bonds. The second-order valence-corrected chi connectivity index (χ2v) is 6.46. The molecule has 2 aromatic carbocycles. The van der Waals surface area contributed by atoms with Crippen molar-refractivity contribution in [3.05, 3.63) is 63.7 Å². The minimum absolute atomic E-state index is 0.0495. The van der Waals surface area contributed by atoms with Crippen LogP contribution in [0.5, 0.6) is 0 Å². The van der Waals surface area contributed by atoms with Crippen LogP contribution in [0.3, 0.4) is 0 Å². The maximum absolute atomic E-state index is 13.0. The van der Waals surface area contributed by atoms with Crippen molar-refractivity contribution in [2.24, 2.45) is 0 Å². The minimum atomic E-state index is -4.81. The van der Waals surface area contributed by atoms with Crippen LogP contribution < -0.4 is 10.6 Å². The molecule has 0 bridgehead atoms. The zero-order valence-corrected chi connectivity index (χ0v) is 13.8. The molecule has 0 saturated heterocycles. The van der Waals surface area contributed by atoms with E-state index in [0.717, 1.165) is 6.07 Å². The number of benzene rings is 2. The van der Waals surface area contributed by atoms with Crippen molar-refractivity contribution >= 4 is 27.6 Å². The van der Waals surface area contributed by atoms with Crippen LogP contribution in [0.1, 0.15) is 11.1 Å². The smallest absolute Gasteiger partial charge is 0.332 e. The van der Waals surface area contributed by atoms with Crippen molar-refractivity contribution in [1.82, 2.24) is 5.32 Å². The fraction of sp³-hybridized carbons (Fsp3) is 0.133. The Kier molecular flexibility index (Phi) is 5.32. The van der Waals surface area contributed by atoms with Gasteiger partial charge in [0.2, 0.25) is 0 Å². The predicted molar refractivity (Wildman–Crippen MR) is 88.4 cm³/mol. The number of non-ortho nitro benzene ring substituents is 1. The highest BCUT2D eigenvalue weighted by Crippen LogP contribution is 2.21. The molecule has 2 aromatic rings. The quantitative estimate of drug-likeness (QED) is 0.478. The highest BCUT2D eigenvalue weighted by molar-refractivity contribution is 7.86. The predicted octanol–water partition coefficient (Wildman–Crippen LogP) is 2.88. The number of nitrogens with one attached hydrogen (secondary N) is 2. The number of amides is 2. The molecule has 0 aliphatic carbocycles. The molecule has 0 fully saturated rings. The van der Waals surface area contributed by atoms with E-state index in [1.165, 1.54) is 43.3 Å². The average molecular weight is 367 g/mol. The van der Waals surface area contributed by atoms with Crippen molar-refractivity contribution in [3.63, 3.8) is 0 Å². The van der Waals surface area contributed by atoms with Gasteiger partial charge in [-0.05, 0) is 36.2 Å². The second-order valence-electron chi connectivity index (χ2n) is 5.15. The largest absolute Gasteiger partial charge is 0.334 e. The van der Waals surface area contributed by atoms with Crippen molar-refractivity contribution in [1.29, 1.82) is 0 Å². The normalized spacial score (nSPS) is 11.0. The van der Waals surface area contributed by atoms with Gasteiger partial charge in [-0.15, -0.1) is 3.89 Å². The molecule has 0 aliphatic heterocycles. The Labute approximate surface area is 143 Å². The molecule has 132 valence electrons. The van der Waals surface area contributed by atoms with Gasteiger partial charge in [0.25, 0.3) is 5.69 Å². The third-order valence-electron chi connectivity index (χ3n) is 3.30. The summed E-state index contributed by atoms with van der Waals surface area (Å²) in [5.41, 5.74) is 1.07. The highest BCUT2D eigenvalue weighted by atomic mass is 32.3. The summed E-state index contributed by atoms with van der Waals surface area (Å²) in [6.07, 6.45) is 0. The summed E-state index contributed by atoms with van der Waals surface area (Å²) in [6.45, 7) is 1.55. The van der Waals surface area contributed by atoms with E-state index in [1.54, 1.807) is 0 Å². The SMILES string of the molecule is Cc1cc(NC(=O)NCc2ccc([N+](=O)[O-])cc2)ccc1S(=O)(=O)F. The molecule has 25 heavy (non-hydrogen) atoms. The first-order chi connectivity index (χ1) is 11.7. The zero-order chi connectivity index (χ0) is 18.6. The number of anilines is 1. The molecule has 0 aromatic heterocycles. The number of rotatable bonds is 5. The molecule has 2 N–H and O–H groups in total. The average Bonchev–Trinajstić information content (AvgIpc) is 2.52. The van der Waals surface area contributed by atoms with Gasteiger partial charge in [0.1, 0.15) is 4.90 Å². The molecule has 0 saturated carbocycles. The molecule has 0 atom stereocenters. The summed E-state index contributed by atoms with van der Waals surface area (Å²) in [7, 11) is -4.81. The first kappa shape index (κ1) is 18.3. The Bertz CT molecular complexity index is 913. The maximum Gasteiger partial charge on any atom is 0.332 e. The Morgan fingerprint density at radius 2 is 1.84 bits per heavy atom. The van der Waals surface area contributed by atoms with Crippen molar-refractivity contribution in [2.75, 3.05) is 5.32 Å². The van der Waals surface area contributed by atoms with Crippen LogP contribution in [0.4, 0.5) is 20.1 Å². The summed E-state index contributed by atoms with van der Waals surface area (Å²) < 4.78 is 34.8. The molecule has 8 nitrogen and oxygen atoms in total. The highest BCUT2D eigenvalue weighted by Gasteiger charge is 2.15. The van der Waals surface area contributed by atoms with Crippen LogP contribution in [0.15, 0.2) is 47.4 Å². The third-order valence-corrected chi connectivity index (χ3v) is 4.28. The van der Waals surface area contributed by atoms with Crippen LogP contribution in [0, 0.1) is 17.0 Å². The number of carbonyl (C=O) groups is 1. The van der Waals surface area contributed by atoms with Gasteiger partial charge in [-0.3, -0.25) is 10.1 Å². The van der Waals surface area contributed by atoms with E-state index in [0.29, 0.717) is 11.3 Å². The molecular formula is C15H14FN3O5S. The number of hydrogen-bond acceptors (Lipinski definition) is 5. The number of hydrogen-bond donors (Lipinski definition) is 2. The molecule has 10 heteroatoms. The van der Waals surface area contributed by atoms with Crippen molar-refractivity contribution in [2.45, 2.75) is 18.4 Å². The lowest BCUT2D eigenvalue weighted by Gasteiger charge is -2.09. The van der Waals surface area contributed by atoms with Gasteiger partial charge in [-0.2, -0.15) is 8.42 Å². The zero-order valence-electron chi connectivity index (χ0n) is 13.0. The van der Waals surface area contributed by atoms with Crippen molar-refractivity contribution in [3.8, 4) is 0 Å². The van der Waals surface area contributed by atoms with Crippen LogP contribution in [0.2, 0.25) is 0 Å². The fourth-order valence-electron chi connectivity index (χ4n) is 2.09. The Balaban J connectivity index is 1.96. The van der Waals surface area contributed by atoms with Crippen LogP contribution in [-0.4, -0.2) is 19.4 Å². The lowest BCUT2D eigenvalue weighted by Crippen LogP contribution is -2.28. The lowest BCUT2D eigenvalue weighted by atomic mass is 10.2. The third kappa shape index (κ3) is 4.98. The van der Waals surface area contributed by atoms with E-state index >= 15 is 0 Å². The van der Waals surface area contributed by atoms with Gasteiger partial charge in [0.15, 0.2) is 0 Å². The van der Waals surface area contributed by atoms with Gasteiger partial charge >= 0.3 is 16.3 Å². The van der Waals surface area contributed by atoms with E-state index in [-0.39, 0.29) is 17.8 Å². The summed E-state index contributed by atoms with van der Waals surface area (Å²) in [6, 6.07) is 8.79. The maximum atomic E-state index is 13.0. The number of aryl methyl sites for hydroxylation is 1. The molecular weight excluding hydrogens is 353 g/mol. The van der Waals surface area contributed by atoms with E-state index in [4.69, 9.17) is 0 Å². The number of nitro groups is 1. The molecule has 0 radical (unpaired) electrons. The number of nitro benzene ring substituents is 1. The molecule has 0 spiro atoms. The number of urea groups is 1. The summed E-state index contributed by atoms with van der Waals surface area (Å²) >= 11 is 0. The molecule has 0 unspecified atom stereocenters. The lowest BCUT2D eigenvalue weighted by molar-refractivity contribution is -0.384. The van der Waals surface area contributed by atoms with E-state index in [9.17, 15) is 27.2 Å². The molecule has 2 rings (SSSR count). The van der Waals surface area contributed by atoms with Crippen LogP contribution >= 0.6 is 0 Å². The van der Waals surface area contributed by atoms with Crippen LogP contribution in [-0.2, 0) is 16.8 Å². The number of nitrogens with zero attached hydrogens (tertiary/aromatic N) is 1. The minimum Gasteiger partial charge on any atom is -0.334 e. The van der Waals surface area contributed by atoms with E-state index < -0.39 is 26.1 Å². The standard InChI is InChI=1S/C15H14FN3O5S/c1-10-8-12(4-7-14(10)25(16,23)24)18-15(20)17-9-11-2-5-13(6-3-11)19(21)22/h2-8H,9H2,1H3,(H2,17,18,20). The van der Waals surface area contributed by atoms with Crippen LogP contribution in [0.25, 0.3) is 0 Å². The van der Waals surface area contributed by atoms with Crippen molar-refractivity contribution < 1.29 is 22.0 Å². The molecule has 0 aliphatic rings. The van der Waals surface area contributed by atoms with E-state index in [1.807, 2.05) is 0 Å². The van der Waals surface area contributed by atoms with Gasteiger partial charge in [-0.25, -0.2) is 4.79 Å². The summed E-state index contributed by atoms with van der Waals surface area (Å²) in [5.74, 6) is 0. The Morgan fingerprint density at radius 3 is 2.36 bits per heavy atom. The fourth-order valence-corrected chi connectivity index (χ4v) is 2.77. The summed E-state index contributed by atoms with van der Waals surface area (Å²) in [5, 5.41) is 15.6. The van der Waals surface area contributed by atoms with E-state index in [2.05, 4.69) is 10.6 Å². The topological polar surface area (TPSA) is 118 Å². The molecule has 0 heterocycles. The number of carbonyl (C=O) groups excluding carboxylic acids is 1. The first-order valence-electron chi connectivity index (χ1n) is 7.00. The first-order valence-corrected chi connectivity index (χ1v) is 8.38. The Hall–Kier alpha value is -3.01. The second kappa shape index (κ2) is 7.26. The van der Waals surface area contributed by atoms with Gasteiger partial charge in [0, 0.05) is 24.4 Å². The monoisotopic (exact) mass is 367 g/mol. The Morgan fingerprint density at radius 1 is 1.20 bits per heavy atom. The summed E-state index contributed by atoms with van der Waals surface area (Å²) in [4.78, 5) is 21.4. The number of halogens is 1. The van der Waals surface area contributed by atoms with Gasteiger partial charge < -0.3 is 10.6 Å².